The van der Waals surface area contributed by atoms with Gasteiger partial charge in [-0.2, -0.15) is 0 Å². The number of nitrogens with one attached hydrogen (secondary N) is 1. The SMILES string of the molecule is Cc1ccc(N2CCNC3(CCCC3)C2)cc1N(C)C. The van der Waals surface area contributed by atoms with E-state index in [2.05, 4.69) is 54.3 Å². The van der Waals surface area contributed by atoms with E-state index in [9.17, 15) is 0 Å². The Labute approximate surface area is 123 Å². The molecule has 1 N–H and O–H groups in total. The summed E-state index contributed by atoms with van der Waals surface area (Å²) in [6, 6.07) is 6.90. The van der Waals surface area contributed by atoms with Crippen molar-refractivity contribution in [3.05, 3.63) is 23.8 Å². The number of aryl methyl sites for hydroxylation is 1. The summed E-state index contributed by atoms with van der Waals surface area (Å²) >= 11 is 0. The third kappa shape index (κ3) is 2.51. The molecule has 0 amide bonds. The van der Waals surface area contributed by atoms with Crippen LogP contribution in [-0.2, 0) is 0 Å². The van der Waals surface area contributed by atoms with Crippen LogP contribution >= 0.6 is 0 Å². The second kappa shape index (κ2) is 5.28. The predicted molar refractivity (Wildman–Crippen MR) is 86.9 cm³/mol. The van der Waals surface area contributed by atoms with Crippen LogP contribution in [0.3, 0.4) is 0 Å². The van der Waals surface area contributed by atoms with Gasteiger partial charge in [0.1, 0.15) is 0 Å². The van der Waals surface area contributed by atoms with Gasteiger partial charge in [0, 0.05) is 50.6 Å². The highest BCUT2D eigenvalue weighted by atomic mass is 15.2. The maximum atomic E-state index is 3.79. The van der Waals surface area contributed by atoms with Gasteiger partial charge in [0.05, 0.1) is 0 Å². The van der Waals surface area contributed by atoms with Crippen LogP contribution in [0.15, 0.2) is 18.2 Å². The zero-order valence-corrected chi connectivity index (χ0v) is 13.1. The molecule has 1 saturated heterocycles. The Morgan fingerprint density at radius 3 is 2.65 bits per heavy atom. The third-order valence-corrected chi connectivity index (χ3v) is 4.98. The van der Waals surface area contributed by atoms with Crippen molar-refractivity contribution in [2.45, 2.75) is 38.1 Å². The molecular formula is C17H27N3. The van der Waals surface area contributed by atoms with Crippen molar-refractivity contribution in [1.82, 2.24) is 5.32 Å². The molecule has 1 spiro atoms. The lowest BCUT2D eigenvalue weighted by Gasteiger charge is -2.43. The quantitative estimate of drug-likeness (QED) is 0.894. The topological polar surface area (TPSA) is 18.5 Å². The molecule has 0 aromatic heterocycles. The van der Waals surface area contributed by atoms with E-state index in [1.165, 1.54) is 49.2 Å². The molecule has 1 aliphatic heterocycles. The summed E-state index contributed by atoms with van der Waals surface area (Å²) in [5.41, 5.74) is 4.46. The maximum absolute atomic E-state index is 3.79. The van der Waals surface area contributed by atoms with Gasteiger partial charge < -0.3 is 15.1 Å². The zero-order chi connectivity index (χ0) is 14.2. The van der Waals surface area contributed by atoms with Crippen LogP contribution in [0.1, 0.15) is 31.2 Å². The first kappa shape index (κ1) is 13.7. The Bertz CT molecular complexity index is 475. The van der Waals surface area contributed by atoms with Crippen molar-refractivity contribution in [1.29, 1.82) is 0 Å². The minimum absolute atomic E-state index is 0.390. The van der Waals surface area contributed by atoms with E-state index in [0.717, 1.165) is 13.1 Å². The molecule has 0 unspecified atom stereocenters. The van der Waals surface area contributed by atoms with Crippen LogP contribution < -0.4 is 15.1 Å². The molecule has 2 fully saturated rings. The van der Waals surface area contributed by atoms with Gasteiger partial charge in [-0.25, -0.2) is 0 Å². The van der Waals surface area contributed by atoms with Crippen LogP contribution in [0.5, 0.6) is 0 Å². The molecule has 20 heavy (non-hydrogen) atoms. The first-order valence-electron chi connectivity index (χ1n) is 7.88. The third-order valence-electron chi connectivity index (χ3n) is 4.98. The van der Waals surface area contributed by atoms with Gasteiger partial charge in [0.2, 0.25) is 0 Å². The standard InChI is InChI=1S/C17H27N3/c1-14-6-7-15(12-16(14)19(2)3)20-11-10-18-17(13-20)8-4-5-9-17/h6-7,12,18H,4-5,8-11,13H2,1-3H3. The van der Waals surface area contributed by atoms with E-state index in [0.29, 0.717) is 5.54 Å². The molecule has 0 bridgehead atoms. The molecule has 1 aromatic carbocycles. The molecule has 1 saturated carbocycles. The molecule has 2 aliphatic rings. The van der Waals surface area contributed by atoms with Crippen LogP contribution in [0.4, 0.5) is 11.4 Å². The summed E-state index contributed by atoms with van der Waals surface area (Å²) in [6.07, 6.45) is 5.46. The van der Waals surface area contributed by atoms with Crippen molar-refractivity contribution in [3.8, 4) is 0 Å². The molecule has 1 heterocycles. The van der Waals surface area contributed by atoms with Crippen molar-refractivity contribution in [2.75, 3.05) is 43.5 Å². The summed E-state index contributed by atoms with van der Waals surface area (Å²) < 4.78 is 0. The lowest BCUT2D eigenvalue weighted by Crippen LogP contribution is -2.59. The molecule has 0 radical (unpaired) electrons. The van der Waals surface area contributed by atoms with E-state index in [4.69, 9.17) is 0 Å². The number of rotatable bonds is 2. The lowest BCUT2D eigenvalue weighted by atomic mass is 9.94. The Kier molecular flexibility index (Phi) is 3.63. The molecule has 0 atom stereocenters. The summed E-state index contributed by atoms with van der Waals surface area (Å²) in [7, 11) is 4.25. The normalized spacial score (nSPS) is 21.4. The van der Waals surface area contributed by atoms with Gasteiger partial charge in [-0.15, -0.1) is 0 Å². The van der Waals surface area contributed by atoms with Crippen molar-refractivity contribution in [2.24, 2.45) is 0 Å². The number of hydrogen-bond donors (Lipinski definition) is 1. The van der Waals surface area contributed by atoms with Crippen LogP contribution in [0.25, 0.3) is 0 Å². The first-order chi connectivity index (χ1) is 9.60. The number of hydrogen-bond acceptors (Lipinski definition) is 3. The Morgan fingerprint density at radius 2 is 1.95 bits per heavy atom. The fourth-order valence-corrected chi connectivity index (χ4v) is 3.84. The minimum atomic E-state index is 0.390. The van der Waals surface area contributed by atoms with E-state index in [-0.39, 0.29) is 0 Å². The van der Waals surface area contributed by atoms with Gasteiger partial charge in [-0.1, -0.05) is 18.9 Å². The minimum Gasteiger partial charge on any atom is -0.377 e. The van der Waals surface area contributed by atoms with E-state index in [1.807, 2.05) is 0 Å². The molecule has 3 heteroatoms. The Balaban J connectivity index is 1.83. The number of piperazine rings is 1. The highest BCUT2D eigenvalue weighted by Crippen LogP contribution is 2.34. The fourth-order valence-electron chi connectivity index (χ4n) is 3.84. The zero-order valence-electron chi connectivity index (χ0n) is 13.1. The number of benzene rings is 1. The van der Waals surface area contributed by atoms with Gasteiger partial charge in [-0.05, 0) is 37.5 Å². The molecule has 1 aliphatic carbocycles. The Hall–Kier alpha value is -1.22. The molecule has 3 nitrogen and oxygen atoms in total. The van der Waals surface area contributed by atoms with Gasteiger partial charge in [0.25, 0.3) is 0 Å². The van der Waals surface area contributed by atoms with E-state index in [1.54, 1.807) is 0 Å². The van der Waals surface area contributed by atoms with E-state index < -0.39 is 0 Å². The number of anilines is 2. The summed E-state index contributed by atoms with van der Waals surface area (Å²) in [4.78, 5) is 4.79. The van der Waals surface area contributed by atoms with Crippen molar-refractivity contribution in [3.63, 3.8) is 0 Å². The second-order valence-corrected chi connectivity index (χ2v) is 6.70. The molecule has 110 valence electrons. The number of nitrogens with zero attached hydrogens (tertiary/aromatic N) is 2. The maximum Gasteiger partial charge on any atom is 0.0411 e. The van der Waals surface area contributed by atoms with Crippen molar-refractivity contribution >= 4 is 11.4 Å². The monoisotopic (exact) mass is 273 g/mol. The predicted octanol–water partition coefficient (Wildman–Crippen LogP) is 2.78. The van der Waals surface area contributed by atoms with Gasteiger partial charge in [-0.3, -0.25) is 0 Å². The van der Waals surface area contributed by atoms with Crippen LogP contribution in [-0.4, -0.2) is 39.3 Å². The molecule has 3 rings (SSSR count). The largest absolute Gasteiger partial charge is 0.377 e. The van der Waals surface area contributed by atoms with E-state index >= 15 is 0 Å². The van der Waals surface area contributed by atoms with Crippen LogP contribution in [0, 0.1) is 6.92 Å². The lowest BCUT2D eigenvalue weighted by molar-refractivity contribution is 0.304. The highest BCUT2D eigenvalue weighted by Gasteiger charge is 2.37. The van der Waals surface area contributed by atoms with Gasteiger partial charge >= 0.3 is 0 Å². The summed E-state index contributed by atoms with van der Waals surface area (Å²) in [6.45, 7) is 5.60. The second-order valence-electron chi connectivity index (χ2n) is 6.70. The summed E-state index contributed by atoms with van der Waals surface area (Å²) in [5.74, 6) is 0. The highest BCUT2D eigenvalue weighted by molar-refractivity contribution is 5.63. The molecular weight excluding hydrogens is 246 g/mol. The molecule has 1 aromatic rings. The first-order valence-corrected chi connectivity index (χ1v) is 7.88. The smallest absolute Gasteiger partial charge is 0.0411 e. The average Bonchev–Trinajstić information content (AvgIpc) is 2.87. The summed E-state index contributed by atoms with van der Waals surface area (Å²) in [5, 5.41) is 3.79. The van der Waals surface area contributed by atoms with Crippen LogP contribution in [0.2, 0.25) is 0 Å². The Morgan fingerprint density at radius 1 is 1.20 bits per heavy atom. The average molecular weight is 273 g/mol. The van der Waals surface area contributed by atoms with Crippen molar-refractivity contribution < 1.29 is 0 Å². The van der Waals surface area contributed by atoms with Gasteiger partial charge in [0.15, 0.2) is 0 Å². The fraction of sp³-hybridized carbons (Fsp3) is 0.647.